The fraction of sp³-hybridized carbons (Fsp3) is 1.00. The Hall–Kier alpha value is -0.120. The molecule has 0 aliphatic carbocycles. The summed E-state index contributed by atoms with van der Waals surface area (Å²) in [5, 5.41) is 6.76. The molecule has 0 saturated carbocycles. The zero-order valence-electron chi connectivity index (χ0n) is 8.64. The molecular weight excluding hydrogens is 164 g/mol. The Kier molecular flexibility index (Phi) is 6.15. The number of hydrogen-bond acceptors (Lipinski definition) is 3. The van der Waals surface area contributed by atoms with Crippen molar-refractivity contribution in [1.29, 1.82) is 0 Å². The molecule has 1 aliphatic rings. The SMILES string of the molecule is CCCNCCNC[C@@H]1CCCO1. The van der Waals surface area contributed by atoms with Crippen LogP contribution in [0.4, 0.5) is 0 Å². The van der Waals surface area contributed by atoms with Crippen molar-refractivity contribution < 1.29 is 4.74 Å². The zero-order chi connectivity index (χ0) is 9.36. The molecule has 1 atom stereocenters. The summed E-state index contributed by atoms with van der Waals surface area (Å²) in [6.07, 6.45) is 4.16. The molecule has 0 spiro atoms. The van der Waals surface area contributed by atoms with Gasteiger partial charge in [-0.15, -0.1) is 0 Å². The van der Waals surface area contributed by atoms with E-state index in [-0.39, 0.29) is 0 Å². The van der Waals surface area contributed by atoms with Gasteiger partial charge in [0, 0.05) is 26.2 Å². The molecule has 1 fully saturated rings. The third kappa shape index (κ3) is 5.24. The predicted molar refractivity (Wildman–Crippen MR) is 55.0 cm³/mol. The summed E-state index contributed by atoms with van der Waals surface area (Å²) in [4.78, 5) is 0. The third-order valence-electron chi connectivity index (χ3n) is 2.30. The van der Waals surface area contributed by atoms with E-state index in [0.29, 0.717) is 6.10 Å². The topological polar surface area (TPSA) is 33.3 Å². The lowest BCUT2D eigenvalue weighted by atomic mass is 10.2. The molecule has 0 aromatic heterocycles. The van der Waals surface area contributed by atoms with E-state index in [1.165, 1.54) is 19.3 Å². The Bertz CT molecular complexity index is 113. The highest BCUT2D eigenvalue weighted by Gasteiger charge is 2.13. The van der Waals surface area contributed by atoms with Gasteiger partial charge in [0.05, 0.1) is 6.10 Å². The lowest BCUT2D eigenvalue weighted by molar-refractivity contribution is 0.110. The van der Waals surface area contributed by atoms with Gasteiger partial charge in [0.25, 0.3) is 0 Å². The molecule has 1 heterocycles. The quantitative estimate of drug-likeness (QED) is 0.576. The van der Waals surface area contributed by atoms with Crippen LogP contribution in [0.5, 0.6) is 0 Å². The monoisotopic (exact) mass is 186 g/mol. The first-order valence-corrected chi connectivity index (χ1v) is 5.46. The van der Waals surface area contributed by atoms with Crippen LogP contribution in [-0.4, -0.2) is 38.9 Å². The van der Waals surface area contributed by atoms with Crippen LogP contribution in [0, 0.1) is 0 Å². The Balaban J connectivity index is 1.78. The summed E-state index contributed by atoms with van der Waals surface area (Å²) in [6.45, 7) is 7.42. The molecule has 13 heavy (non-hydrogen) atoms. The number of hydrogen-bond donors (Lipinski definition) is 2. The van der Waals surface area contributed by atoms with Crippen LogP contribution >= 0.6 is 0 Å². The van der Waals surface area contributed by atoms with Crippen molar-refractivity contribution in [1.82, 2.24) is 10.6 Å². The molecule has 1 saturated heterocycles. The molecule has 3 heteroatoms. The summed E-state index contributed by atoms with van der Waals surface area (Å²) in [6, 6.07) is 0. The van der Waals surface area contributed by atoms with E-state index < -0.39 is 0 Å². The van der Waals surface area contributed by atoms with Gasteiger partial charge in [-0.1, -0.05) is 6.92 Å². The second-order valence-corrected chi connectivity index (χ2v) is 3.59. The Labute approximate surface area is 81.2 Å². The zero-order valence-corrected chi connectivity index (χ0v) is 8.64. The van der Waals surface area contributed by atoms with E-state index in [0.717, 1.165) is 32.8 Å². The van der Waals surface area contributed by atoms with E-state index in [9.17, 15) is 0 Å². The van der Waals surface area contributed by atoms with Crippen molar-refractivity contribution in [2.75, 3.05) is 32.8 Å². The molecule has 0 aromatic carbocycles. The van der Waals surface area contributed by atoms with E-state index in [1.54, 1.807) is 0 Å². The maximum Gasteiger partial charge on any atom is 0.0700 e. The molecule has 2 N–H and O–H groups in total. The van der Waals surface area contributed by atoms with Crippen LogP contribution in [0.3, 0.4) is 0 Å². The molecule has 1 aliphatic heterocycles. The highest BCUT2D eigenvalue weighted by Crippen LogP contribution is 2.10. The van der Waals surface area contributed by atoms with Crippen LogP contribution in [0.1, 0.15) is 26.2 Å². The Morgan fingerprint density at radius 3 is 2.77 bits per heavy atom. The van der Waals surface area contributed by atoms with Crippen LogP contribution in [0.2, 0.25) is 0 Å². The first-order chi connectivity index (χ1) is 6.43. The van der Waals surface area contributed by atoms with Gasteiger partial charge in [-0.3, -0.25) is 0 Å². The fourth-order valence-corrected chi connectivity index (χ4v) is 1.55. The molecule has 0 radical (unpaired) electrons. The average molecular weight is 186 g/mol. The summed E-state index contributed by atoms with van der Waals surface area (Å²) in [5.41, 5.74) is 0. The minimum absolute atomic E-state index is 0.478. The molecule has 0 aromatic rings. The van der Waals surface area contributed by atoms with Crippen LogP contribution in [0.15, 0.2) is 0 Å². The van der Waals surface area contributed by atoms with Crippen molar-refractivity contribution in [2.24, 2.45) is 0 Å². The van der Waals surface area contributed by atoms with E-state index in [4.69, 9.17) is 4.74 Å². The Morgan fingerprint density at radius 2 is 2.08 bits per heavy atom. The van der Waals surface area contributed by atoms with Gasteiger partial charge in [-0.2, -0.15) is 0 Å². The number of ether oxygens (including phenoxy) is 1. The molecule has 0 amide bonds. The Morgan fingerprint density at radius 1 is 1.23 bits per heavy atom. The van der Waals surface area contributed by atoms with Gasteiger partial charge in [-0.25, -0.2) is 0 Å². The maximum absolute atomic E-state index is 5.50. The maximum atomic E-state index is 5.50. The molecule has 0 bridgehead atoms. The molecule has 1 rings (SSSR count). The minimum atomic E-state index is 0.478. The van der Waals surface area contributed by atoms with Gasteiger partial charge in [-0.05, 0) is 25.8 Å². The number of rotatable bonds is 7. The van der Waals surface area contributed by atoms with Gasteiger partial charge in [0.2, 0.25) is 0 Å². The predicted octanol–water partition coefficient (Wildman–Crippen LogP) is 0.755. The van der Waals surface area contributed by atoms with Gasteiger partial charge >= 0.3 is 0 Å². The fourth-order valence-electron chi connectivity index (χ4n) is 1.55. The van der Waals surface area contributed by atoms with E-state index >= 15 is 0 Å². The van der Waals surface area contributed by atoms with E-state index in [2.05, 4.69) is 17.6 Å². The first kappa shape index (κ1) is 11.0. The second-order valence-electron chi connectivity index (χ2n) is 3.59. The lowest BCUT2D eigenvalue weighted by Crippen LogP contribution is -2.32. The van der Waals surface area contributed by atoms with Crippen molar-refractivity contribution in [3.05, 3.63) is 0 Å². The normalized spacial score (nSPS) is 22.4. The van der Waals surface area contributed by atoms with Gasteiger partial charge < -0.3 is 15.4 Å². The summed E-state index contributed by atoms with van der Waals surface area (Å²) in [5.74, 6) is 0. The van der Waals surface area contributed by atoms with Crippen molar-refractivity contribution in [3.63, 3.8) is 0 Å². The molecule has 0 unspecified atom stereocenters. The summed E-state index contributed by atoms with van der Waals surface area (Å²) < 4.78 is 5.50. The van der Waals surface area contributed by atoms with Crippen molar-refractivity contribution in [3.8, 4) is 0 Å². The van der Waals surface area contributed by atoms with Gasteiger partial charge in [0.15, 0.2) is 0 Å². The summed E-state index contributed by atoms with van der Waals surface area (Å²) in [7, 11) is 0. The third-order valence-corrected chi connectivity index (χ3v) is 2.30. The van der Waals surface area contributed by atoms with Crippen LogP contribution < -0.4 is 10.6 Å². The standard InChI is InChI=1S/C10H22N2O/c1-2-5-11-6-7-12-9-10-4-3-8-13-10/h10-12H,2-9H2,1H3/t10-/m0/s1. The molecule has 78 valence electrons. The lowest BCUT2D eigenvalue weighted by Gasteiger charge is -2.10. The van der Waals surface area contributed by atoms with Gasteiger partial charge in [0.1, 0.15) is 0 Å². The smallest absolute Gasteiger partial charge is 0.0700 e. The largest absolute Gasteiger partial charge is 0.377 e. The highest BCUT2D eigenvalue weighted by atomic mass is 16.5. The second kappa shape index (κ2) is 7.30. The first-order valence-electron chi connectivity index (χ1n) is 5.46. The van der Waals surface area contributed by atoms with Crippen molar-refractivity contribution in [2.45, 2.75) is 32.3 Å². The molecular formula is C10H22N2O. The average Bonchev–Trinajstić information content (AvgIpc) is 2.63. The van der Waals surface area contributed by atoms with Crippen molar-refractivity contribution >= 4 is 0 Å². The number of nitrogens with one attached hydrogen (secondary N) is 2. The summed E-state index contributed by atoms with van der Waals surface area (Å²) >= 11 is 0. The van der Waals surface area contributed by atoms with Crippen LogP contribution in [0.25, 0.3) is 0 Å². The molecule has 3 nitrogen and oxygen atoms in total. The van der Waals surface area contributed by atoms with Crippen LogP contribution in [-0.2, 0) is 4.74 Å². The minimum Gasteiger partial charge on any atom is -0.377 e. The highest BCUT2D eigenvalue weighted by molar-refractivity contribution is 4.67. The van der Waals surface area contributed by atoms with E-state index in [1.807, 2.05) is 0 Å².